The van der Waals surface area contributed by atoms with Gasteiger partial charge in [-0.1, -0.05) is 18.1 Å². The van der Waals surface area contributed by atoms with Gasteiger partial charge in [-0.2, -0.15) is 0 Å². The number of anilines is 1. The van der Waals surface area contributed by atoms with Crippen LogP contribution in [0.4, 0.5) is 5.69 Å². The molecule has 0 aliphatic rings. The van der Waals surface area contributed by atoms with E-state index in [4.69, 9.17) is 4.52 Å². The van der Waals surface area contributed by atoms with E-state index in [2.05, 4.69) is 10.5 Å². The summed E-state index contributed by atoms with van der Waals surface area (Å²) in [5, 5.41) is 6.98. The average molecular weight is 230 g/mol. The Morgan fingerprint density at radius 1 is 1.41 bits per heavy atom. The molecule has 88 valence electrons. The van der Waals surface area contributed by atoms with Crippen molar-refractivity contribution in [2.24, 2.45) is 0 Å². The van der Waals surface area contributed by atoms with Gasteiger partial charge in [-0.25, -0.2) is 0 Å². The lowest BCUT2D eigenvalue weighted by Crippen LogP contribution is -1.94. The molecule has 0 spiro atoms. The zero-order chi connectivity index (χ0) is 12.3. The van der Waals surface area contributed by atoms with Crippen molar-refractivity contribution >= 4 is 12.0 Å². The second kappa shape index (κ2) is 4.82. The van der Waals surface area contributed by atoms with Gasteiger partial charge >= 0.3 is 0 Å². The van der Waals surface area contributed by atoms with Gasteiger partial charge in [0, 0.05) is 36.3 Å². The third-order valence-corrected chi connectivity index (χ3v) is 2.65. The largest absolute Gasteiger partial charge is 0.388 e. The minimum atomic E-state index is 0.635. The molecular formula is C13H14N2O2. The van der Waals surface area contributed by atoms with Crippen LogP contribution in [0.5, 0.6) is 0 Å². The number of nitrogens with one attached hydrogen (secondary N) is 1. The second-order valence-electron chi connectivity index (χ2n) is 3.70. The maximum Gasteiger partial charge on any atom is 0.152 e. The lowest BCUT2D eigenvalue weighted by molar-refractivity contribution is 0.112. The van der Waals surface area contributed by atoms with Gasteiger partial charge < -0.3 is 9.84 Å². The van der Waals surface area contributed by atoms with Crippen molar-refractivity contribution in [1.29, 1.82) is 0 Å². The Bertz CT molecular complexity index is 532. The van der Waals surface area contributed by atoms with Gasteiger partial charge in [-0.05, 0) is 12.1 Å². The second-order valence-corrected chi connectivity index (χ2v) is 3.70. The lowest BCUT2D eigenvalue weighted by Gasteiger charge is -2.05. The molecular weight excluding hydrogens is 216 g/mol. The van der Waals surface area contributed by atoms with Crippen molar-refractivity contribution < 1.29 is 9.32 Å². The van der Waals surface area contributed by atoms with Crippen molar-refractivity contribution in [2.45, 2.75) is 13.3 Å². The summed E-state index contributed by atoms with van der Waals surface area (Å²) in [5.74, 6) is 0.852. The Morgan fingerprint density at radius 2 is 2.24 bits per heavy atom. The number of hydrogen-bond donors (Lipinski definition) is 1. The van der Waals surface area contributed by atoms with Gasteiger partial charge in [-0.15, -0.1) is 0 Å². The number of rotatable bonds is 4. The number of carbonyl (C=O) groups is 1. The van der Waals surface area contributed by atoms with Gasteiger partial charge in [0.1, 0.15) is 11.5 Å². The molecule has 0 fully saturated rings. The molecule has 1 heterocycles. The molecule has 0 amide bonds. The number of nitrogens with zero attached hydrogens (tertiary/aromatic N) is 1. The van der Waals surface area contributed by atoms with Crippen LogP contribution >= 0.6 is 0 Å². The van der Waals surface area contributed by atoms with E-state index in [9.17, 15) is 4.79 Å². The summed E-state index contributed by atoms with van der Waals surface area (Å²) >= 11 is 0. The van der Waals surface area contributed by atoms with Crippen molar-refractivity contribution in [1.82, 2.24) is 5.16 Å². The first-order valence-electron chi connectivity index (χ1n) is 5.51. The maximum absolute atomic E-state index is 10.8. The standard InChI is InChI=1S/C13H14N2O2/c1-3-11-7-13(15-17-11)9-4-5-10(8-16)12(6-9)14-2/h4-8,14H,3H2,1-2H3. The Labute approximate surface area is 99.6 Å². The Kier molecular flexibility index (Phi) is 3.23. The first-order chi connectivity index (χ1) is 8.28. The fraction of sp³-hybridized carbons (Fsp3) is 0.231. The van der Waals surface area contributed by atoms with Crippen LogP contribution < -0.4 is 5.32 Å². The molecule has 0 saturated heterocycles. The van der Waals surface area contributed by atoms with Crippen LogP contribution in [0.15, 0.2) is 28.8 Å². The molecule has 1 N–H and O–H groups in total. The zero-order valence-corrected chi connectivity index (χ0v) is 9.86. The average Bonchev–Trinajstić information content (AvgIpc) is 2.86. The highest BCUT2D eigenvalue weighted by Crippen LogP contribution is 2.24. The van der Waals surface area contributed by atoms with Crippen molar-refractivity contribution in [3.05, 3.63) is 35.6 Å². The van der Waals surface area contributed by atoms with E-state index in [1.807, 2.05) is 25.1 Å². The van der Waals surface area contributed by atoms with Crippen LogP contribution in [0.25, 0.3) is 11.3 Å². The molecule has 2 rings (SSSR count). The van der Waals surface area contributed by atoms with E-state index in [-0.39, 0.29) is 0 Å². The molecule has 4 nitrogen and oxygen atoms in total. The molecule has 2 aromatic rings. The molecule has 4 heteroatoms. The van der Waals surface area contributed by atoms with Crippen LogP contribution in [-0.4, -0.2) is 18.5 Å². The summed E-state index contributed by atoms with van der Waals surface area (Å²) in [6.07, 6.45) is 1.65. The predicted octanol–water partition coefficient (Wildman–Crippen LogP) is 2.76. The monoisotopic (exact) mass is 230 g/mol. The Morgan fingerprint density at radius 3 is 2.82 bits per heavy atom. The highest BCUT2D eigenvalue weighted by Gasteiger charge is 2.08. The van der Waals surface area contributed by atoms with Crippen molar-refractivity contribution in [2.75, 3.05) is 12.4 Å². The first kappa shape index (κ1) is 11.4. The topological polar surface area (TPSA) is 55.1 Å². The molecule has 1 aromatic carbocycles. The Balaban J connectivity index is 2.42. The molecule has 0 unspecified atom stereocenters. The van der Waals surface area contributed by atoms with Crippen molar-refractivity contribution in [3.8, 4) is 11.3 Å². The van der Waals surface area contributed by atoms with E-state index >= 15 is 0 Å². The molecule has 0 aliphatic heterocycles. The number of aryl methyl sites for hydroxylation is 1. The number of carbonyl (C=O) groups excluding carboxylic acids is 1. The highest BCUT2D eigenvalue weighted by molar-refractivity contribution is 5.86. The summed E-state index contributed by atoms with van der Waals surface area (Å²) in [4.78, 5) is 10.8. The van der Waals surface area contributed by atoms with Crippen LogP contribution in [-0.2, 0) is 6.42 Å². The molecule has 0 atom stereocenters. The number of benzene rings is 1. The van der Waals surface area contributed by atoms with E-state index in [0.29, 0.717) is 5.56 Å². The first-order valence-corrected chi connectivity index (χ1v) is 5.51. The van der Waals surface area contributed by atoms with Gasteiger partial charge in [0.05, 0.1) is 0 Å². The zero-order valence-electron chi connectivity index (χ0n) is 9.86. The Hall–Kier alpha value is -2.10. The summed E-state index contributed by atoms with van der Waals surface area (Å²) in [6.45, 7) is 2.01. The number of aromatic nitrogens is 1. The highest BCUT2D eigenvalue weighted by atomic mass is 16.5. The van der Waals surface area contributed by atoms with Crippen LogP contribution in [0.1, 0.15) is 23.0 Å². The molecule has 1 aromatic heterocycles. The van der Waals surface area contributed by atoms with Crippen LogP contribution in [0.2, 0.25) is 0 Å². The molecule has 17 heavy (non-hydrogen) atoms. The third-order valence-electron chi connectivity index (χ3n) is 2.65. The normalized spacial score (nSPS) is 10.2. The minimum Gasteiger partial charge on any atom is -0.388 e. The van der Waals surface area contributed by atoms with Gasteiger partial charge in [0.2, 0.25) is 0 Å². The summed E-state index contributed by atoms with van der Waals surface area (Å²) in [5.41, 5.74) is 3.15. The molecule has 0 aliphatic carbocycles. The third kappa shape index (κ3) is 2.20. The number of aldehydes is 1. The fourth-order valence-corrected chi connectivity index (χ4v) is 1.65. The summed E-state index contributed by atoms with van der Waals surface area (Å²) in [6, 6.07) is 7.44. The van der Waals surface area contributed by atoms with Crippen LogP contribution in [0.3, 0.4) is 0 Å². The smallest absolute Gasteiger partial charge is 0.152 e. The van der Waals surface area contributed by atoms with Crippen LogP contribution in [0, 0.1) is 0 Å². The van der Waals surface area contributed by atoms with Gasteiger partial charge in [-0.3, -0.25) is 4.79 Å². The maximum atomic E-state index is 10.8. The lowest BCUT2D eigenvalue weighted by atomic mass is 10.1. The fourth-order valence-electron chi connectivity index (χ4n) is 1.65. The van der Waals surface area contributed by atoms with Crippen molar-refractivity contribution in [3.63, 3.8) is 0 Å². The SMILES string of the molecule is CCc1cc(-c2ccc(C=O)c(NC)c2)no1. The van der Waals surface area contributed by atoms with E-state index in [1.165, 1.54) is 0 Å². The van der Waals surface area contributed by atoms with E-state index < -0.39 is 0 Å². The summed E-state index contributed by atoms with van der Waals surface area (Å²) in [7, 11) is 1.78. The molecule has 0 bridgehead atoms. The minimum absolute atomic E-state index is 0.635. The van der Waals surface area contributed by atoms with E-state index in [0.717, 1.165) is 35.4 Å². The van der Waals surface area contributed by atoms with Gasteiger partial charge in [0.15, 0.2) is 6.29 Å². The predicted molar refractivity (Wildman–Crippen MR) is 66.3 cm³/mol. The quantitative estimate of drug-likeness (QED) is 0.820. The summed E-state index contributed by atoms with van der Waals surface area (Å²) < 4.78 is 5.16. The van der Waals surface area contributed by atoms with E-state index in [1.54, 1.807) is 13.1 Å². The molecule has 0 radical (unpaired) electrons. The molecule has 0 saturated carbocycles. The number of hydrogen-bond acceptors (Lipinski definition) is 4. The van der Waals surface area contributed by atoms with Gasteiger partial charge in [0.25, 0.3) is 0 Å².